The maximum absolute atomic E-state index is 9.71. The summed E-state index contributed by atoms with van der Waals surface area (Å²) < 4.78 is 0. The van der Waals surface area contributed by atoms with Crippen LogP contribution in [0.25, 0.3) is 10.9 Å². The topological polar surface area (TPSA) is 46.0 Å². The lowest BCUT2D eigenvalue weighted by atomic mass is 10.2. The van der Waals surface area contributed by atoms with Crippen molar-refractivity contribution in [3.8, 4) is 5.75 Å². The molecule has 0 amide bonds. The second-order valence-electron chi connectivity index (χ2n) is 3.78. The average Bonchev–Trinajstić information content (AvgIpc) is 2.41. The third-order valence-electron chi connectivity index (χ3n) is 2.53. The Morgan fingerprint density at radius 2 is 1.72 bits per heavy atom. The minimum atomic E-state index is 0.249. The van der Waals surface area contributed by atoms with Gasteiger partial charge in [-0.2, -0.15) is 0 Å². The van der Waals surface area contributed by atoms with Crippen molar-refractivity contribution < 1.29 is 5.11 Å². The molecule has 0 saturated heterocycles. The molecule has 0 unspecified atom stereocenters. The fourth-order valence-corrected chi connectivity index (χ4v) is 2.41. The van der Waals surface area contributed by atoms with Crippen LogP contribution >= 0.6 is 11.8 Å². The van der Waals surface area contributed by atoms with E-state index in [-0.39, 0.29) is 5.75 Å². The molecule has 3 nitrogen and oxygen atoms in total. The summed E-state index contributed by atoms with van der Waals surface area (Å²) in [6.07, 6.45) is 1.80. The quantitative estimate of drug-likeness (QED) is 0.711. The summed E-state index contributed by atoms with van der Waals surface area (Å²) in [5.74, 6) is 0.249. The molecule has 88 valence electrons. The van der Waals surface area contributed by atoms with Crippen LogP contribution in [0.2, 0.25) is 0 Å². The number of para-hydroxylation sites is 2. The number of phenolic OH excluding ortho intramolecular Hbond substituents is 1. The molecular formula is C14H10N2OS. The molecule has 0 fully saturated rings. The monoisotopic (exact) mass is 254 g/mol. The Morgan fingerprint density at radius 3 is 2.61 bits per heavy atom. The Kier molecular flexibility index (Phi) is 2.86. The van der Waals surface area contributed by atoms with Crippen molar-refractivity contribution in [2.24, 2.45) is 0 Å². The van der Waals surface area contributed by atoms with Crippen molar-refractivity contribution in [1.29, 1.82) is 0 Å². The molecule has 1 aromatic heterocycles. The molecule has 0 radical (unpaired) electrons. The van der Waals surface area contributed by atoms with Crippen LogP contribution in [0.4, 0.5) is 0 Å². The summed E-state index contributed by atoms with van der Waals surface area (Å²) >= 11 is 1.36. The van der Waals surface area contributed by atoms with Crippen LogP contribution < -0.4 is 0 Å². The fraction of sp³-hybridized carbons (Fsp3) is 0. The summed E-state index contributed by atoms with van der Waals surface area (Å²) in [5, 5.41) is 11.4. The first kappa shape index (κ1) is 11.0. The standard InChI is InChI=1S/C14H10N2OS/c17-12-7-3-4-8-13(12)18-14-15-9-10-5-1-2-6-11(10)16-14/h1-9,17H. The number of rotatable bonds is 2. The molecule has 3 aromatic rings. The zero-order valence-electron chi connectivity index (χ0n) is 9.45. The summed E-state index contributed by atoms with van der Waals surface area (Å²) in [7, 11) is 0. The van der Waals surface area contributed by atoms with Crippen molar-refractivity contribution in [2.75, 3.05) is 0 Å². The lowest BCUT2D eigenvalue weighted by molar-refractivity contribution is 0.462. The molecular weight excluding hydrogens is 244 g/mol. The van der Waals surface area contributed by atoms with Crippen LogP contribution in [-0.2, 0) is 0 Å². The Balaban J connectivity index is 1.98. The first-order valence-electron chi connectivity index (χ1n) is 5.50. The fourth-order valence-electron chi connectivity index (χ4n) is 1.65. The molecule has 0 aliphatic rings. The summed E-state index contributed by atoms with van der Waals surface area (Å²) in [6, 6.07) is 15.0. The summed E-state index contributed by atoms with van der Waals surface area (Å²) in [5.41, 5.74) is 0.908. The van der Waals surface area contributed by atoms with Gasteiger partial charge in [-0.25, -0.2) is 9.97 Å². The lowest BCUT2D eigenvalue weighted by Gasteiger charge is -2.03. The number of phenols is 1. The molecule has 1 N–H and O–H groups in total. The van der Waals surface area contributed by atoms with E-state index in [2.05, 4.69) is 9.97 Å². The van der Waals surface area contributed by atoms with E-state index in [4.69, 9.17) is 0 Å². The van der Waals surface area contributed by atoms with Gasteiger partial charge in [0.05, 0.1) is 10.4 Å². The third kappa shape index (κ3) is 2.15. The Labute approximate surface area is 109 Å². The molecule has 0 atom stereocenters. The Hall–Kier alpha value is -2.07. The van der Waals surface area contributed by atoms with Crippen LogP contribution in [0, 0.1) is 0 Å². The van der Waals surface area contributed by atoms with E-state index in [1.807, 2.05) is 36.4 Å². The smallest absolute Gasteiger partial charge is 0.193 e. The van der Waals surface area contributed by atoms with Gasteiger partial charge in [0, 0.05) is 11.6 Å². The van der Waals surface area contributed by atoms with Crippen molar-refractivity contribution in [1.82, 2.24) is 9.97 Å². The van der Waals surface area contributed by atoms with Gasteiger partial charge in [-0.15, -0.1) is 0 Å². The van der Waals surface area contributed by atoms with E-state index >= 15 is 0 Å². The molecule has 4 heteroatoms. The zero-order valence-corrected chi connectivity index (χ0v) is 10.3. The number of hydrogen-bond acceptors (Lipinski definition) is 4. The van der Waals surface area contributed by atoms with Gasteiger partial charge in [-0.1, -0.05) is 30.3 Å². The minimum absolute atomic E-state index is 0.249. The average molecular weight is 254 g/mol. The van der Waals surface area contributed by atoms with E-state index < -0.39 is 0 Å². The highest BCUT2D eigenvalue weighted by atomic mass is 32.2. The number of aromatic hydroxyl groups is 1. The van der Waals surface area contributed by atoms with Crippen molar-refractivity contribution in [3.63, 3.8) is 0 Å². The van der Waals surface area contributed by atoms with Gasteiger partial charge < -0.3 is 5.11 Å². The molecule has 0 bridgehead atoms. The highest BCUT2D eigenvalue weighted by molar-refractivity contribution is 7.99. The molecule has 0 aliphatic heterocycles. The predicted octanol–water partition coefficient (Wildman–Crippen LogP) is 3.49. The number of fused-ring (bicyclic) bond motifs is 1. The summed E-state index contributed by atoms with van der Waals surface area (Å²) in [6.45, 7) is 0. The zero-order chi connectivity index (χ0) is 12.4. The van der Waals surface area contributed by atoms with E-state index in [0.29, 0.717) is 5.16 Å². The molecule has 18 heavy (non-hydrogen) atoms. The van der Waals surface area contributed by atoms with Crippen LogP contribution in [0.1, 0.15) is 0 Å². The van der Waals surface area contributed by atoms with Gasteiger partial charge >= 0.3 is 0 Å². The lowest BCUT2D eigenvalue weighted by Crippen LogP contribution is -1.87. The van der Waals surface area contributed by atoms with Crippen molar-refractivity contribution in [2.45, 2.75) is 10.1 Å². The number of benzene rings is 2. The summed E-state index contributed by atoms with van der Waals surface area (Å²) in [4.78, 5) is 9.49. The van der Waals surface area contributed by atoms with E-state index in [1.54, 1.807) is 18.3 Å². The largest absolute Gasteiger partial charge is 0.507 e. The molecule has 3 rings (SSSR count). The maximum Gasteiger partial charge on any atom is 0.193 e. The van der Waals surface area contributed by atoms with E-state index in [9.17, 15) is 5.11 Å². The first-order valence-corrected chi connectivity index (χ1v) is 6.32. The second kappa shape index (κ2) is 4.66. The third-order valence-corrected chi connectivity index (χ3v) is 3.48. The highest BCUT2D eigenvalue weighted by Crippen LogP contribution is 2.32. The molecule has 0 spiro atoms. The molecule has 1 heterocycles. The van der Waals surface area contributed by atoms with Gasteiger partial charge in [0.25, 0.3) is 0 Å². The maximum atomic E-state index is 9.71. The predicted molar refractivity (Wildman–Crippen MR) is 71.8 cm³/mol. The van der Waals surface area contributed by atoms with Crippen LogP contribution in [-0.4, -0.2) is 15.1 Å². The Morgan fingerprint density at radius 1 is 0.944 bits per heavy atom. The van der Waals surface area contributed by atoms with Crippen LogP contribution in [0.15, 0.2) is 64.8 Å². The SMILES string of the molecule is Oc1ccccc1Sc1ncc2ccccc2n1. The normalized spacial score (nSPS) is 10.7. The van der Waals surface area contributed by atoms with Crippen LogP contribution in [0.5, 0.6) is 5.75 Å². The van der Waals surface area contributed by atoms with E-state index in [0.717, 1.165) is 15.8 Å². The minimum Gasteiger partial charge on any atom is -0.507 e. The van der Waals surface area contributed by atoms with Gasteiger partial charge in [0.2, 0.25) is 0 Å². The van der Waals surface area contributed by atoms with Gasteiger partial charge in [0.15, 0.2) is 5.16 Å². The number of hydrogen-bond donors (Lipinski definition) is 1. The van der Waals surface area contributed by atoms with Gasteiger partial charge in [0.1, 0.15) is 5.75 Å². The highest BCUT2D eigenvalue weighted by Gasteiger charge is 2.05. The van der Waals surface area contributed by atoms with Crippen molar-refractivity contribution >= 4 is 22.7 Å². The van der Waals surface area contributed by atoms with E-state index in [1.165, 1.54) is 11.8 Å². The Bertz CT molecular complexity index is 700. The molecule has 0 aliphatic carbocycles. The molecule has 0 saturated carbocycles. The van der Waals surface area contributed by atoms with Crippen molar-refractivity contribution in [3.05, 3.63) is 54.7 Å². The van der Waals surface area contributed by atoms with Gasteiger partial charge in [-0.3, -0.25) is 0 Å². The number of nitrogens with zero attached hydrogens (tertiary/aromatic N) is 2. The second-order valence-corrected chi connectivity index (χ2v) is 4.79. The molecule has 2 aromatic carbocycles. The number of aromatic nitrogens is 2. The van der Waals surface area contributed by atoms with Gasteiger partial charge in [-0.05, 0) is 30.0 Å². The van der Waals surface area contributed by atoms with Crippen LogP contribution in [0.3, 0.4) is 0 Å². The first-order chi connectivity index (χ1) is 8.83.